The zero-order chi connectivity index (χ0) is 21.1. The predicted octanol–water partition coefficient (Wildman–Crippen LogP) is 4.35. The second-order valence-electron chi connectivity index (χ2n) is 7.11. The van der Waals surface area contributed by atoms with Crippen molar-refractivity contribution >= 4 is 28.4 Å². The van der Waals surface area contributed by atoms with E-state index in [-0.39, 0.29) is 23.9 Å². The normalized spacial score (nSPS) is 11.0. The quantitative estimate of drug-likeness (QED) is 0.673. The average Bonchev–Trinajstić information content (AvgIpc) is 2.66. The Morgan fingerprint density at radius 1 is 1.07 bits per heavy atom. The fraction of sp³-hybridized carbons (Fsp3) is 0.227. The van der Waals surface area contributed by atoms with Crippen molar-refractivity contribution in [2.24, 2.45) is 5.92 Å². The van der Waals surface area contributed by atoms with Crippen molar-refractivity contribution in [2.45, 2.75) is 27.3 Å². The summed E-state index contributed by atoms with van der Waals surface area (Å²) in [7, 11) is 0. The third-order valence-electron chi connectivity index (χ3n) is 4.44. The van der Waals surface area contributed by atoms with E-state index >= 15 is 0 Å². The fourth-order valence-electron chi connectivity index (χ4n) is 2.82. The van der Waals surface area contributed by atoms with Gasteiger partial charge in [0, 0.05) is 40.9 Å². The van der Waals surface area contributed by atoms with E-state index in [9.17, 15) is 18.4 Å². The van der Waals surface area contributed by atoms with Gasteiger partial charge in [0.25, 0.3) is 5.91 Å². The first-order valence-corrected chi connectivity index (χ1v) is 9.19. The zero-order valence-corrected chi connectivity index (χ0v) is 16.3. The molecule has 2 amide bonds. The van der Waals surface area contributed by atoms with Gasteiger partial charge in [-0.15, -0.1) is 0 Å². The van der Waals surface area contributed by atoms with E-state index in [0.717, 1.165) is 17.8 Å². The average molecular weight is 397 g/mol. The number of nitrogens with one attached hydrogen (secondary N) is 2. The maximum atomic E-state index is 13.8. The summed E-state index contributed by atoms with van der Waals surface area (Å²) in [5.41, 5.74) is 2.25. The molecule has 0 saturated carbocycles. The number of hydrogen-bond acceptors (Lipinski definition) is 3. The van der Waals surface area contributed by atoms with E-state index < -0.39 is 17.5 Å². The molecule has 7 heteroatoms. The van der Waals surface area contributed by atoms with E-state index in [1.165, 1.54) is 6.07 Å². The number of carbonyl (C=O) groups is 2. The molecule has 0 atom stereocenters. The van der Waals surface area contributed by atoms with Gasteiger partial charge in [-0.1, -0.05) is 26.0 Å². The number of hydrogen-bond donors (Lipinski definition) is 2. The van der Waals surface area contributed by atoms with Gasteiger partial charge in [0.2, 0.25) is 5.91 Å². The molecule has 0 aliphatic carbocycles. The van der Waals surface area contributed by atoms with Gasteiger partial charge in [-0.3, -0.25) is 14.6 Å². The lowest BCUT2D eigenvalue weighted by Gasteiger charge is -2.13. The molecule has 1 aromatic heterocycles. The number of anilines is 1. The lowest BCUT2D eigenvalue weighted by Crippen LogP contribution is -2.24. The molecule has 2 N–H and O–H groups in total. The van der Waals surface area contributed by atoms with Crippen LogP contribution >= 0.6 is 0 Å². The van der Waals surface area contributed by atoms with Crippen LogP contribution in [0.3, 0.4) is 0 Å². The summed E-state index contributed by atoms with van der Waals surface area (Å²) >= 11 is 0. The Morgan fingerprint density at radius 2 is 1.83 bits per heavy atom. The van der Waals surface area contributed by atoms with Crippen LogP contribution in [0.4, 0.5) is 14.5 Å². The molecule has 3 aromatic rings. The summed E-state index contributed by atoms with van der Waals surface area (Å²) in [4.78, 5) is 29.3. The lowest BCUT2D eigenvalue weighted by atomic mass is 10.0. The Kier molecular flexibility index (Phi) is 5.87. The van der Waals surface area contributed by atoms with Gasteiger partial charge >= 0.3 is 0 Å². The van der Waals surface area contributed by atoms with Gasteiger partial charge in [0.1, 0.15) is 11.6 Å². The molecule has 0 spiro atoms. The smallest absolute Gasteiger partial charge is 0.252 e. The van der Waals surface area contributed by atoms with Crippen molar-refractivity contribution in [3.63, 3.8) is 0 Å². The van der Waals surface area contributed by atoms with Gasteiger partial charge in [0.05, 0.1) is 11.1 Å². The minimum absolute atomic E-state index is 0.103. The van der Waals surface area contributed by atoms with Crippen molar-refractivity contribution in [1.82, 2.24) is 10.3 Å². The van der Waals surface area contributed by atoms with Crippen molar-refractivity contribution in [2.75, 3.05) is 5.32 Å². The Bertz CT molecular complexity index is 1100. The summed E-state index contributed by atoms with van der Waals surface area (Å²) in [6, 6.07) is 10.0. The second kappa shape index (κ2) is 8.34. The highest BCUT2D eigenvalue weighted by molar-refractivity contribution is 6.08. The number of aryl methyl sites for hydroxylation is 1. The number of aromatic nitrogens is 1. The standard InChI is InChI=1S/C22H21F2N3O2/c1-12(2)21(28)27-16-9-18(17-7-4-13(3)26-20(17)10-16)22(29)25-11-14-5-6-15(23)8-19(14)24/h4-10,12H,11H2,1-3H3,(H,25,29)(H,27,28). The molecule has 29 heavy (non-hydrogen) atoms. The number of pyridine rings is 1. The van der Waals surface area contributed by atoms with Gasteiger partial charge in [-0.2, -0.15) is 0 Å². The highest BCUT2D eigenvalue weighted by Crippen LogP contribution is 2.24. The third-order valence-corrected chi connectivity index (χ3v) is 4.44. The number of rotatable bonds is 5. The van der Waals surface area contributed by atoms with Gasteiger partial charge in [0.15, 0.2) is 0 Å². The maximum absolute atomic E-state index is 13.8. The molecule has 0 aliphatic rings. The van der Waals surface area contributed by atoms with Crippen LogP contribution in [0.25, 0.3) is 10.9 Å². The van der Waals surface area contributed by atoms with E-state index in [1.807, 2.05) is 6.92 Å². The van der Waals surface area contributed by atoms with Gasteiger partial charge < -0.3 is 10.6 Å². The largest absolute Gasteiger partial charge is 0.348 e. The molecule has 0 bridgehead atoms. The van der Waals surface area contributed by atoms with Crippen molar-refractivity contribution in [3.8, 4) is 0 Å². The zero-order valence-electron chi connectivity index (χ0n) is 16.3. The molecule has 0 radical (unpaired) electrons. The molecule has 1 heterocycles. The molecule has 0 unspecified atom stereocenters. The van der Waals surface area contributed by atoms with Crippen LogP contribution < -0.4 is 10.6 Å². The molecule has 2 aromatic carbocycles. The molecular formula is C22H21F2N3O2. The van der Waals surface area contributed by atoms with Crippen LogP contribution in [0, 0.1) is 24.5 Å². The van der Waals surface area contributed by atoms with E-state index in [4.69, 9.17) is 0 Å². The molecule has 5 nitrogen and oxygen atoms in total. The molecule has 150 valence electrons. The van der Waals surface area contributed by atoms with Gasteiger partial charge in [-0.25, -0.2) is 8.78 Å². The summed E-state index contributed by atoms with van der Waals surface area (Å²) < 4.78 is 26.9. The number of halogens is 2. The minimum Gasteiger partial charge on any atom is -0.348 e. The molecule has 0 aliphatic heterocycles. The summed E-state index contributed by atoms with van der Waals surface area (Å²) in [6.45, 7) is 5.26. The number of nitrogens with zero attached hydrogens (tertiary/aromatic N) is 1. The van der Waals surface area contributed by atoms with Crippen molar-refractivity contribution in [3.05, 3.63) is 70.9 Å². The first kappa shape index (κ1) is 20.4. The third kappa shape index (κ3) is 4.74. The highest BCUT2D eigenvalue weighted by atomic mass is 19.1. The van der Waals surface area contributed by atoms with Crippen LogP contribution in [0.15, 0.2) is 42.5 Å². The highest BCUT2D eigenvalue weighted by Gasteiger charge is 2.16. The second-order valence-corrected chi connectivity index (χ2v) is 7.11. The van der Waals surface area contributed by atoms with Crippen molar-refractivity contribution in [1.29, 1.82) is 0 Å². The monoisotopic (exact) mass is 397 g/mol. The summed E-state index contributed by atoms with van der Waals surface area (Å²) in [5.74, 6) is -2.28. The van der Waals surface area contributed by atoms with Crippen LogP contribution in [-0.2, 0) is 11.3 Å². The number of amides is 2. The number of benzene rings is 2. The Hall–Kier alpha value is -3.35. The fourth-order valence-corrected chi connectivity index (χ4v) is 2.82. The maximum Gasteiger partial charge on any atom is 0.252 e. The Labute approximate surface area is 167 Å². The topological polar surface area (TPSA) is 71.1 Å². The van der Waals surface area contributed by atoms with Crippen molar-refractivity contribution < 1.29 is 18.4 Å². The minimum atomic E-state index is -0.731. The van der Waals surface area contributed by atoms with Gasteiger partial charge in [-0.05, 0) is 31.2 Å². The first-order chi connectivity index (χ1) is 13.7. The van der Waals surface area contributed by atoms with Crippen LogP contribution in [0.2, 0.25) is 0 Å². The van der Waals surface area contributed by atoms with Crippen LogP contribution in [0.5, 0.6) is 0 Å². The first-order valence-electron chi connectivity index (χ1n) is 9.19. The van der Waals surface area contributed by atoms with E-state index in [2.05, 4.69) is 15.6 Å². The number of carbonyl (C=O) groups excluding carboxylic acids is 2. The Balaban J connectivity index is 1.93. The predicted molar refractivity (Wildman–Crippen MR) is 107 cm³/mol. The lowest BCUT2D eigenvalue weighted by molar-refractivity contribution is -0.118. The van der Waals surface area contributed by atoms with E-state index in [1.54, 1.807) is 38.1 Å². The van der Waals surface area contributed by atoms with E-state index in [0.29, 0.717) is 22.2 Å². The van der Waals surface area contributed by atoms with Crippen LogP contribution in [0.1, 0.15) is 35.5 Å². The SMILES string of the molecule is Cc1ccc2c(C(=O)NCc3ccc(F)cc3F)cc(NC(=O)C(C)C)cc2n1. The summed E-state index contributed by atoms with van der Waals surface area (Å²) in [6.07, 6.45) is 0. The summed E-state index contributed by atoms with van der Waals surface area (Å²) in [5, 5.41) is 6.03. The van der Waals surface area contributed by atoms with Crippen LogP contribution in [-0.4, -0.2) is 16.8 Å². The molecular weight excluding hydrogens is 376 g/mol. The number of fused-ring (bicyclic) bond motifs is 1. The Morgan fingerprint density at radius 3 is 2.52 bits per heavy atom. The molecule has 0 fully saturated rings. The molecule has 3 rings (SSSR count). The molecule has 0 saturated heterocycles.